The van der Waals surface area contributed by atoms with E-state index < -0.39 is 15.8 Å². The molecule has 3 rings (SSSR count). The third-order valence-electron chi connectivity index (χ3n) is 4.00. The predicted octanol–water partition coefficient (Wildman–Crippen LogP) is 3.09. The quantitative estimate of drug-likeness (QED) is 0.589. The van der Waals surface area contributed by atoms with Crippen LogP contribution in [0.25, 0.3) is 0 Å². The van der Waals surface area contributed by atoms with Crippen LogP contribution in [0.3, 0.4) is 0 Å². The maximum Gasteiger partial charge on any atom is 0.343 e. The van der Waals surface area contributed by atoms with Crippen LogP contribution in [0.1, 0.15) is 23.2 Å². The van der Waals surface area contributed by atoms with Crippen molar-refractivity contribution in [2.24, 2.45) is 0 Å². The van der Waals surface area contributed by atoms with E-state index in [0.717, 1.165) is 18.4 Å². The topological polar surface area (TPSA) is 80.8 Å². The van der Waals surface area contributed by atoms with E-state index in [4.69, 9.17) is 16.3 Å². The number of anilines is 1. The fraction of sp³-hybridized carbons (Fsp3) is 0.222. The highest BCUT2D eigenvalue weighted by Gasteiger charge is 2.22. The van der Waals surface area contributed by atoms with E-state index in [9.17, 15) is 18.0 Å². The van der Waals surface area contributed by atoms with Crippen LogP contribution in [0.5, 0.6) is 5.75 Å². The monoisotopic (exact) mass is 393 g/mol. The van der Waals surface area contributed by atoms with Crippen molar-refractivity contribution in [2.75, 3.05) is 17.7 Å². The number of ether oxygens (including phenoxy) is 1. The van der Waals surface area contributed by atoms with Crippen molar-refractivity contribution in [1.82, 2.24) is 0 Å². The van der Waals surface area contributed by atoms with E-state index in [0.29, 0.717) is 18.7 Å². The SMILES string of the molecule is CS(=O)(=O)c1cc(C(=O)Oc2ccc(N3CCCC3=O)cc2)ccc1Cl. The third-order valence-corrected chi connectivity index (χ3v) is 5.58. The van der Waals surface area contributed by atoms with E-state index in [-0.39, 0.29) is 21.4 Å². The molecule has 0 unspecified atom stereocenters. The molecule has 1 amide bonds. The molecule has 0 atom stereocenters. The summed E-state index contributed by atoms with van der Waals surface area (Å²) in [4.78, 5) is 25.6. The first kappa shape index (κ1) is 18.4. The molecule has 1 aliphatic heterocycles. The molecule has 0 aliphatic carbocycles. The molecule has 1 fully saturated rings. The van der Waals surface area contributed by atoms with E-state index in [2.05, 4.69) is 0 Å². The lowest BCUT2D eigenvalue weighted by Gasteiger charge is -2.15. The van der Waals surface area contributed by atoms with Crippen molar-refractivity contribution < 1.29 is 22.7 Å². The molecule has 0 spiro atoms. The second kappa shape index (κ2) is 7.09. The maximum atomic E-state index is 12.3. The normalized spacial score (nSPS) is 14.5. The number of sulfone groups is 1. The Morgan fingerprint density at radius 1 is 1.15 bits per heavy atom. The summed E-state index contributed by atoms with van der Waals surface area (Å²) in [5.74, 6) is -0.331. The van der Waals surface area contributed by atoms with Gasteiger partial charge in [0, 0.05) is 24.9 Å². The molecule has 0 radical (unpaired) electrons. The Kier molecular flexibility index (Phi) is 5.02. The second-order valence-electron chi connectivity index (χ2n) is 5.95. The van der Waals surface area contributed by atoms with Crippen molar-refractivity contribution in [3.05, 3.63) is 53.1 Å². The minimum absolute atomic E-state index is 0.0451. The van der Waals surface area contributed by atoms with Crippen LogP contribution >= 0.6 is 11.6 Å². The van der Waals surface area contributed by atoms with Crippen LogP contribution in [0.2, 0.25) is 5.02 Å². The summed E-state index contributed by atoms with van der Waals surface area (Å²) >= 11 is 5.87. The molecule has 1 saturated heterocycles. The lowest BCUT2D eigenvalue weighted by molar-refractivity contribution is -0.117. The first-order chi connectivity index (χ1) is 12.3. The number of esters is 1. The molecule has 0 N–H and O–H groups in total. The molecule has 0 saturated carbocycles. The first-order valence-corrected chi connectivity index (χ1v) is 10.1. The molecule has 6 nitrogen and oxygen atoms in total. The van der Waals surface area contributed by atoms with Gasteiger partial charge in [-0.1, -0.05) is 11.6 Å². The van der Waals surface area contributed by atoms with Crippen LogP contribution in [0, 0.1) is 0 Å². The van der Waals surface area contributed by atoms with Crippen molar-refractivity contribution in [2.45, 2.75) is 17.7 Å². The number of halogens is 1. The summed E-state index contributed by atoms with van der Waals surface area (Å²) in [5, 5.41) is 0.0451. The van der Waals surface area contributed by atoms with Gasteiger partial charge < -0.3 is 9.64 Å². The molecule has 2 aromatic rings. The molecular weight excluding hydrogens is 378 g/mol. The molecule has 1 heterocycles. The molecule has 26 heavy (non-hydrogen) atoms. The fourth-order valence-corrected chi connectivity index (χ4v) is 4.00. The van der Waals surface area contributed by atoms with Gasteiger partial charge in [-0.15, -0.1) is 0 Å². The second-order valence-corrected chi connectivity index (χ2v) is 8.34. The minimum Gasteiger partial charge on any atom is -0.423 e. The van der Waals surface area contributed by atoms with Gasteiger partial charge in [0.15, 0.2) is 9.84 Å². The van der Waals surface area contributed by atoms with Gasteiger partial charge >= 0.3 is 5.97 Å². The summed E-state index contributed by atoms with van der Waals surface area (Å²) < 4.78 is 28.7. The Balaban J connectivity index is 1.77. The van der Waals surface area contributed by atoms with Gasteiger partial charge in [-0.05, 0) is 48.9 Å². The van der Waals surface area contributed by atoms with Gasteiger partial charge in [0.1, 0.15) is 5.75 Å². The predicted molar refractivity (Wildman–Crippen MR) is 97.5 cm³/mol. The number of nitrogens with zero attached hydrogens (tertiary/aromatic N) is 1. The third kappa shape index (κ3) is 3.89. The van der Waals surface area contributed by atoms with Gasteiger partial charge in [0.05, 0.1) is 15.5 Å². The first-order valence-electron chi connectivity index (χ1n) is 7.88. The zero-order valence-corrected chi connectivity index (χ0v) is 15.5. The van der Waals surface area contributed by atoms with Crippen molar-refractivity contribution >= 4 is 39.0 Å². The fourth-order valence-electron chi connectivity index (χ4n) is 2.70. The summed E-state index contributed by atoms with van der Waals surface area (Å²) in [5.41, 5.74) is 0.826. The Morgan fingerprint density at radius 2 is 1.85 bits per heavy atom. The van der Waals surface area contributed by atoms with Crippen LogP contribution in [0.15, 0.2) is 47.4 Å². The average molecular weight is 394 g/mol. The van der Waals surface area contributed by atoms with Gasteiger partial charge in [0.25, 0.3) is 0 Å². The molecule has 1 aliphatic rings. The van der Waals surface area contributed by atoms with Crippen LogP contribution in [0.4, 0.5) is 5.69 Å². The summed E-state index contributed by atoms with van der Waals surface area (Å²) in [6.07, 6.45) is 2.38. The van der Waals surface area contributed by atoms with Crippen LogP contribution in [-0.4, -0.2) is 33.1 Å². The van der Waals surface area contributed by atoms with Crippen molar-refractivity contribution in [1.29, 1.82) is 0 Å². The van der Waals surface area contributed by atoms with E-state index in [1.54, 1.807) is 29.2 Å². The zero-order chi connectivity index (χ0) is 18.9. The Morgan fingerprint density at radius 3 is 2.42 bits per heavy atom. The summed E-state index contributed by atoms with van der Waals surface area (Å²) in [7, 11) is -3.56. The minimum atomic E-state index is -3.56. The zero-order valence-electron chi connectivity index (χ0n) is 13.9. The molecule has 2 aromatic carbocycles. The lowest BCUT2D eigenvalue weighted by atomic mass is 10.2. The summed E-state index contributed by atoms with van der Waals surface area (Å²) in [6, 6.07) is 10.5. The van der Waals surface area contributed by atoms with Gasteiger partial charge in [-0.3, -0.25) is 4.79 Å². The number of hydrogen-bond acceptors (Lipinski definition) is 5. The number of benzene rings is 2. The van der Waals surface area contributed by atoms with E-state index in [1.807, 2.05) is 0 Å². The van der Waals surface area contributed by atoms with Crippen LogP contribution < -0.4 is 9.64 Å². The van der Waals surface area contributed by atoms with Crippen molar-refractivity contribution in [3.63, 3.8) is 0 Å². The van der Waals surface area contributed by atoms with E-state index in [1.165, 1.54) is 18.2 Å². The Labute approximate surface area is 156 Å². The lowest BCUT2D eigenvalue weighted by Crippen LogP contribution is -2.23. The number of carbonyl (C=O) groups excluding carboxylic acids is 2. The molecule has 136 valence electrons. The molecule has 0 aromatic heterocycles. The number of hydrogen-bond donors (Lipinski definition) is 0. The standard InChI is InChI=1S/C18H16ClNO5S/c1-26(23,24)16-11-12(4-9-15(16)19)18(22)25-14-7-5-13(6-8-14)20-10-2-3-17(20)21/h4-9,11H,2-3,10H2,1H3. The molecular formula is C18H16ClNO5S. The van der Waals surface area contributed by atoms with Gasteiger partial charge in [0.2, 0.25) is 5.91 Å². The smallest absolute Gasteiger partial charge is 0.343 e. The van der Waals surface area contributed by atoms with E-state index >= 15 is 0 Å². The highest BCUT2D eigenvalue weighted by molar-refractivity contribution is 7.90. The van der Waals surface area contributed by atoms with Crippen LogP contribution in [-0.2, 0) is 14.6 Å². The Hall–Kier alpha value is -2.38. The maximum absolute atomic E-state index is 12.3. The number of rotatable bonds is 4. The highest BCUT2D eigenvalue weighted by Crippen LogP contribution is 2.26. The highest BCUT2D eigenvalue weighted by atomic mass is 35.5. The Bertz CT molecular complexity index is 970. The number of carbonyl (C=O) groups is 2. The number of amides is 1. The largest absolute Gasteiger partial charge is 0.423 e. The van der Waals surface area contributed by atoms with Gasteiger partial charge in [-0.2, -0.15) is 0 Å². The summed E-state index contributed by atoms with van der Waals surface area (Å²) in [6.45, 7) is 0.678. The van der Waals surface area contributed by atoms with Crippen molar-refractivity contribution in [3.8, 4) is 5.75 Å². The van der Waals surface area contributed by atoms with Gasteiger partial charge in [-0.25, -0.2) is 13.2 Å². The molecule has 8 heteroatoms. The molecule has 0 bridgehead atoms. The average Bonchev–Trinajstić information content (AvgIpc) is 3.01.